The van der Waals surface area contributed by atoms with E-state index in [0.29, 0.717) is 6.07 Å². The number of rotatable bonds is 4. The zero-order valence-corrected chi connectivity index (χ0v) is 10.6. The van der Waals surface area contributed by atoms with Gasteiger partial charge in [0.1, 0.15) is 16.5 Å². The summed E-state index contributed by atoms with van der Waals surface area (Å²) >= 11 is 0. The van der Waals surface area contributed by atoms with Crippen LogP contribution in [-0.4, -0.2) is 39.9 Å². The van der Waals surface area contributed by atoms with Gasteiger partial charge < -0.3 is 4.90 Å². The molecule has 0 bridgehead atoms. The summed E-state index contributed by atoms with van der Waals surface area (Å²) in [6.45, 7) is -0.494. The van der Waals surface area contributed by atoms with Crippen LogP contribution in [0.1, 0.15) is 0 Å². The van der Waals surface area contributed by atoms with Crippen LogP contribution in [0.4, 0.5) is 8.78 Å². The lowest BCUT2D eigenvalue weighted by atomic mass is 10.3. The van der Waals surface area contributed by atoms with Gasteiger partial charge in [-0.3, -0.25) is 4.79 Å². The molecule has 0 radical (unpaired) electrons. The van der Waals surface area contributed by atoms with Crippen LogP contribution in [0.15, 0.2) is 23.1 Å². The Kier molecular flexibility index (Phi) is 4.36. The van der Waals surface area contributed by atoms with Gasteiger partial charge in [-0.1, -0.05) is 0 Å². The summed E-state index contributed by atoms with van der Waals surface area (Å²) in [5.74, 6) is -2.57. The number of carbonyl (C=O) groups is 1. The topological polar surface area (TPSA) is 66.5 Å². The van der Waals surface area contributed by atoms with Gasteiger partial charge in [0.25, 0.3) is 0 Å². The lowest BCUT2D eigenvalue weighted by molar-refractivity contribution is -0.127. The Morgan fingerprint density at radius 2 is 1.94 bits per heavy atom. The highest BCUT2D eigenvalue weighted by Crippen LogP contribution is 2.14. The molecule has 18 heavy (non-hydrogen) atoms. The van der Waals surface area contributed by atoms with Crippen LogP contribution in [0.5, 0.6) is 0 Å². The van der Waals surface area contributed by atoms with E-state index in [-0.39, 0.29) is 0 Å². The van der Waals surface area contributed by atoms with Crippen LogP contribution in [-0.2, 0) is 14.8 Å². The van der Waals surface area contributed by atoms with Gasteiger partial charge in [-0.25, -0.2) is 21.9 Å². The molecule has 0 aliphatic carbocycles. The molecule has 8 heteroatoms. The minimum absolute atomic E-state index is 0.461. The number of amides is 1. The molecule has 0 aromatic heterocycles. The van der Waals surface area contributed by atoms with Crippen LogP contribution in [0.3, 0.4) is 0 Å². The van der Waals surface area contributed by atoms with Crippen molar-refractivity contribution in [2.45, 2.75) is 4.90 Å². The lowest BCUT2D eigenvalue weighted by Gasteiger charge is -2.11. The number of hydrogen-bond donors (Lipinski definition) is 1. The molecular formula is C10H12F2N2O3S. The van der Waals surface area contributed by atoms with Crippen molar-refractivity contribution >= 4 is 15.9 Å². The molecule has 0 heterocycles. The van der Waals surface area contributed by atoms with Crippen molar-refractivity contribution in [2.75, 3.05) is 20.6 Å². The molecule has 5 nitrogen and oxygen atoms in total. The first-order valence-corrected chi connectivity index (χ1v) is 6.37. The maximum Gasteiger partial charge on any atom is 0.243 e. The second kappa shape index (κ2) is 5.40. The van der Waals surface area contributed by atoms with Crippen LogP contribution in [0.25, 0.3) is 0 Å². The normalized spacial score (nSPS) is 11.3. The highest BCUT2D eigenvalue weighted by Gasteiger charge is 2.20. The van der Waals surface area contributed by atoms with Gasteiger partial charge in [-0.15, -0.1) is 0 Å². The van der Waals surface area contributed by atoms with Gasteiger partial charge in [0.15, 0.2) is 0 Å². The van der Waals surface area contributed by atoms with E-state index < -0.39 is 39.0 Å². The van der Waals surface area contributed by atoms with Crippen molar-refractivity contribution in [3.8, 4) is 0 Å². The first-order valence-electron chi connectivity index (χ1n) is 4.89. The summed E-state index contributed by atoms with van der Waals surface area (Å²) in [6.07, 6.45) is 0. The van der Waals surface area contributed by atoms with Gasteiger partial charge in [-0.05, 0) is 12.1 Å². The maximum atomic E-state index is 13.3. The van der Waals surface area contributed by atoms with Crippen LogP contribution in [0, 0.1) is 11.6 Å². The van der Waals surface area contributed by atoms with Gasteiger partial charge in [0.2, 0.25) is 15.9 Å². The number of carbonyl (C=O) groups excluding carboxylic acids is 1. The van der Waals surface area contributed by atoms with E-state index in [2.05, 4.69) is 0 Å². The summed E-state index contributed by atoms with van der Waals surface area (Å²) in [4.78, 5) is 11.7. The second-order valence-corrected chi connectivity index (χ2v) is 5.42. The minimum Gasteiger partial charge on any atom is -0.348 e. The summed E-state index contributed by atoms with van der Waals surface area (Å²) in [7, 11) is -1.27. The van der Waals surface area contributed by atoms with Crippen LogP contribution >= 0.6 is 0 Å². The molecule has 0 atom stereocenters. The molecule has 0 spiro atoms. The van der Waals surface area contributed by atoms with E-state index in [1.807, 2.05) is 4.72 Å². The summed E-state index contributed by atoms with van der Waals surface area (Å²) in [5.41, 5.74) is 0. The van der Waals surface area contributed by atoms with Crippen molar-refractivity contribution in [3.05, 3.63) is 29.8 Å². The summed E-state index contributed by atoms with van der Waals surface area (Å²) in [6, 6.07) is 2.08. The number of halogens is 2. The lowest BCUT2D eigenvalue weighted by Crippen LogP contribution is -2.36. The monoisotopic (exact) mass is 278 g/mol. The van der Waals surface area contributed by atoms with Crippen molar-refractivity contribution in [1.29, 1.82) is 0 Å². The number of likely N-dealkylation sites (N-methyl/N-ethyl adjacent to an activating group) is 1. The third-order valence-electron chi connectivity index (χ3n) is 2.10. The number of hydrogen-bond acceptors (Lipinski definition) is 3. The van der Waals surface area contributed by atoms with E-state index in [4.69, 9.17) is 0 Å². The first kappa shape index (κ1) is 14.5. The fourth-order valence-corrected chi connectivity index (χ4v) is 2.12. The van der Waals surface area contributed by atoms with E-state index >= 15 is 0 Å². The quantitative estimate of drug-likeness (QED) is 0.863. The predicted molar refractivity (Wildman–Crippen MR) is 60.2 cm³/mol. The molecule has 100 valence electrons. The Labute approximate surface area is 103 Å². The highest BCUT2D eigenvalue weighted by atomic mass is 32.2. The molecule has 0 aliphatic rings. The highest BCUT2D eigenvalue weighted by molar-refractivity contribution is 7.89. The fraction of sp³-hybridized carbons (Fsp3) is 0.300. The molecule has 1 N–H and O–H groups in total. The largest absolute Gasteiger partial charge is 0.348 e. The van der Waals surface area contributed by atoms with Crippen molar-refractivity contribution in [2.24, 2.45) is 0 Å². The fourth-order valence-electron chi connectivity index (χ4n) is 1.09. The first-order chi connectivity index (χ1) is 8.24. The predicted octanol–water partition coefficient (Wildman–Crippen LogP) is 0.331. The van der Waals surface area contributed by atoms with Gasteiger partial charge in [0, 0.05) is 20.2 Å². The van der Waals surface area contributed by atoms with Crippen molar-refractivity contribution in [3.63, 3.8) is 0 Å². The SMILES string of the molecule is CN(C)C(=O)CNS(=O)(=O)c1ccc(F)cc1F. The van der Waals surface area contributed by atoms with Crippen LogP contribution in [0.2, 0.25) is 0 Å². The number of nitrogens with zero attached hydrogens (tertiary/aromatic N) is 1. The second-order valence-electron chi connectivity index (χ2n) is 3.69. The molecule has 0 unspecified atom stereocenters. The summed E-state index contributed by atoms with van der Waals surface area (Å²) < 4.78 is 51.1. The Bertz CT molecular complexity index is 558. The zero-order valence-electron chi connectivity index (χ0n) is 9.78. The summed E-state index contributed by atoms with van der Waals surface area (Å²) in [5, 5.41) is 0. The third kappa shape index (κ3) is 3.47. The van der Waals surface area contributed by atoms with Gasteiger partial charge in [0.05, 0.1) is 6.54 Å². The molecule has 1 rings (SSSR count). The Hall–Kier alpha value is -1.54. The molecule has 0 saturated carbocycles. The van der Waals surface area contributed by atoms with E-state index in [1.165, 1.54) is 19.0 Å². The molecule has 0 saturated heterocycles. The van der Waals surface area contributed by atoms with Gasteiger partial charge >= 0.3 is 0 Å². The third-order valence-corrected chi connectivity index (χ3v) is 3.53. The van der Waals surface area contributed by atoms with E-state index in [1.54, 1.807) is 0 Å². The molecule has 1 aromatic rings. The zero-order chi connectivity index (χ0) is 13.9. The van der Waals surface area contributed by atoms with Crippen molar-refractivity contribution in [1.82, 2.24) is 9.62 Å². The molecule has 0 fully saturated rings. The molecule has 0 aliphatic heterocycles. The van der Waals surface area contributed by atoms with Crippen molar-refractivity contribution < 1.29 is 22.0 Å². The average molecular weight is 278 g/mol. The Balaban J connectivity index is 2.90. The van der Waals surface area contributed by atoms with Gasteiger partial charge in [-0.2, -0.15) is 0 Å². The van der Waals surface area contributed by atoms with E-state index in [9.17, 15) is 22.0 Å². The smallest absolute Gasteiger partial charge is 0.243 e. The average Bonchev–Trinajstić information content (AvgIpc) is 2.25. The van der Waals surface area contributed by atoms with Crippen LogP contribution < -0.4 is 4.72 Å². The maximum absolute atomic E-state index is 13.3. The van der Waals surface area contributed by atoms with E-state index in [0.717, 1.165) is 12.1 Å². The Morgan fingerprint density at radius 1 is 1.33 bits per heavy atom. The number of nitrogens with one attached hydrogen (secondary N) is 1. The molecule has 1 amide bonds. The standard InChI is InChI=1S/C10H12F2N2O3S/c1-14(2)10(15)6-13-18(16,17)9-4-3-7(11)5-8(9)12/h3-5,13H,6H2,1-2H3. The molecule has 1 aromatic carbocycles. The Morgan fingerprint density at radius 3 is 2.44 bits per heavy atom. The molecular weight excluding hydrogens is 266 g/mol. The minimum atomic E-state index is -4.18. The number of sulfonamides is 1. The number of benzene rings is 1.